The summed E-state index contributed by atoms with van der Waals surface area (Å²) in [5.41, 5.74) is 7.18. The summed E-state index contributed by atoms with van der Waals surface area (Å²) in [5, 5.41) is 16.3. The first kappa shape index (κ1) is 29.4. The number of hydrogen-bond donors (Lipinski definition) is 2. The van der Waals surface area contributed by atoms with E-state index < -0.39 is 11.5 Å². The molecule has 1 heterocycles. The molecule has 0 unspecified atom stereocenters. The van der Waals surface area contributed by atoms with Crippen molar-refractivity contribution in [2.45, 2.75) is 12.5 Å². The van der Waals surface area contributed by atoms with Gasteiger partial charge in [-0.1, -0.05) is 121 Å². The van der Waals surface area contributed by atoms with Gasteiger partial charge in [0.1, 0.15) is 5.75 Å². The van der Waals surface area contributed by atoms with Crippen LogP contribution in [0.25, 0.3) is 28.2 Å². The fourth-order valence-corrected chi connectivity index (χ4v) is 5.50. The summed E-state index contributed by atoms with van der Waals surface area (Å²) in [6.45, 7) is 2.55. The molecule has 0 bridgehead atoms. The SMILES string of the molecule is CCOc1ccc(-n2c(-c3ccccc3)cc(/C=N\NC(=O)C(O)(c3ccccc3)c3ccccc3)c2-c2ccccc2)cc1. The summed E-state index contributed by atoms with van der Waals surface area (Å²) in [7, 11) is 0. The Labute approximate surface area is 262 Å². The second-order valence-corrected chi connectivity index (χ2v) is 10.5. The van der Waals surface area contributed by atoms with E-state index in [4.69, 9.17) is 4.74 Å². The molecule has 0 atom stereocenters. The zero-order valence-electron chi connectivity index (χ0n) is 24.9. The van der Waals surface area contributed by atoms with Gasteiger partial charge < -0.3 is 14.4 Å². The van der Waals surface area contributed by atoms with Gasteiger partial charge >= 0.3 is 0 Å². The normalized spacial score (nSPS) is 11.4. The molecule has 6 aromatic rings. The van der Waals surface area contributed by atoms with Crippen LogP contribution in [0.15, 0.2) is 157 Å². The Hall–Kier alpha value is -5.72. The van der Waals surface area contributed by atoms with Crippen molar-refractivity contribution in [1.82, 2.24) is 9.99 Å². The monoisotopic (exact) mass is 591 g/mol. The van der Waals surface area contributed by atoms with E-state index in [-0.39, 0.29) is 0 Å². The maximum Gasteiger partial charge on any atom is 0.281 e. The van der Waals surface area contributed by atoms with E-state index in [0.717, 1.165) is 39.5 Å². The van der Waals surface area contributed by atoms with Gasteiger partial charge in [0.05, 0.1) is 24.2 Å². The average Bonchev–Trinajstić information content (AvgIpc) is 3.49. The first-order valence-corrected chi connectivity index (χ1v) is 14.9. The van der Waals surface area contributed by atoms with Crippen LogP contribution in [0.4, 0.5) is 0 Å². The van der Waals surface area contributed by atoms with Gasteiger partial charge in [-0.05, 0) is 59.5 Å². The zero-order valence-corrected chi connectivity index (χ0v) is 24.9. The molecule has 0 aliphatic rings. The average molecular weight is 592 g/mol. The Morgan fingerprint density at radius 1 is 0.756 bits per heavy atom. The number of hydrogen-bond acceptors (Lipinski definition) is 4. The molecular formula is C39H33N3O3. The first-order valence-electron chi connectivity index (χ1n) is 14.9. The van der Waals surface area contributed by atoms with Gasteiger partial charge in [0.25, 0.3) is 5.91 Å². The molecule has 222 valence electrons. The summed E-state index contributed by atoms with van der Waals surface area (Å²) >= 11 is 0. The van der Waals surface area contributed by atoms with Crippen LogP contribution in [-0.2, 0) is 10.4 Å². The minimum Gasteiger partial charge on any atom is -0.494 e. The van der Waals surface area contributed by atoms with E-state index in [9.17, 15) is 9.90 Å². The largest absolute Gasteiger partial charge is 0.494 e. The number of amides is 1. The summed E-state index contributed by atoms with van der Waals surface area (Å²) < 4.78 is 7.90. The van der Waals surface area contributed by atoms with Gasteiger partial charge in [-0.25, -0.2) is 5.43 Å². The number of hydrazone groups is 1. The number of nitrogens with one attached hydrogen (secondary N) is 1. The quantitative estimate of drug-likeness (QED) is 0.127. The van der Waals surface area contributed by atoms with Gasteiger partial charge in [0.15, 0.2) is 5.60 Å². The predicted octanol–water partition coefficient (Wildman–Crippen LogP) is 7.60. The second kappa shape index (κ2) is 13.3. The number of rotatable bonds is 10. The fraction of sp³-hybridized carbons (Fsp3) is 0.0769. The van der Waals surface area contributed by atoms with Crippen molar-refractivity contribution in [2.24, 2.45) is 5.10 Å². The van der Waals surface area contributed by atoms with E-state index in [1.165, 1.54) is 0 Å². The lowest BCUT2D eigenvalue weighted by molar-refractivity contribution is -0.136. The molecule has 0 fully saturated rings. The molecule has 5 aromatic carbocycles. The molecule has 0 aliphatic carbocycles. The number of aliphatic hydroxyl groups is 1. The van der Waals surface area contributed by atoms with E-state index in [2.05, 4.69) is 45.4 Å². The molecule has 45 heavy (non-hydrogen) atoms. The smallest absolute Gasteiger partial charge is 0.281 e. The third kappa shape index (κ3) is 6.05. The van der Waals surface area contributed by atoms with Crippen molar-refractivity contribution in [3.05, 3.63) is 168 Å². The van der Waals surface area contributed by atoms with Crippen LogP contribution in [0.1, 0.15) is 23.6 Å². The first-order chi connectivity index (χ1) is 22.1. The summed E-state index contributed by atoms with van der Waals surface area (Å²) in [5.74, 6) is 0.136. The minimum absolute atomic E-state index is 0.446. The van der Waals surface area contributed by atoms with Gasteiger partial charge in [0, 0.05) is 11.3 Å². The zero-order chi connectivity index (χ0) is 31.1. The van der Waals surface area contributed by atoms with Gasteiger partial charge in [0.2, 0.25) is 0 Å². The Kier molecular flexibility index (Phi) is 8.67. The summed E-state index contributed by atoms with van der Waals surface area (Å²) in [6, 6.07) is 48.0. The van der Waals surface area contributed by atoms with E-state index in [1.54, 1.807) is 54.7 Å². The molecular weight excluding hydrogens is 558 g/mol. The van der Waals surface area contributed by atoms with Crippen molar-refractivity contribution >= 4 is 12.1 Å². The molecule has 0 aliphatic heterocycles. The number of benzene rings is 5. The maximum absolute atomic E-state index is 13.7. The molecule has 6 nitrogen and oxygen atoms in total. The molecule has 6 rings (SSSR count). The molecule has 0 saturated carbocycles. The van der Waals surface area contributed by atoms with Crippen LogP contribution in [0.5, 0.6) is 5.75 Å². The lowest BCUT2D eigenvalue weighted by atomic mass is 9.85. The number of aromatic nitrogens is 1. The van der Waals surface area contributed by atoms with Crippen LogP contribution in [0.2, 0.25) is 0 Å². The topological polar surface area (TPSA) is 75.8 Å². The lowest BCUT2D eigenvalue weighted by Crippen LogP contribution is -2.43. The molecule has 0 radical (unpaired) electrons. The minimum atomic E-state index is -1.94. The third-order valence-corrected chi connectivity index (χ3v) is 7.63. The maximum atomic E-state index is 13.7. The molecule has 0 saturated heterocycles. The fourth-order valence-electron chi connectivity index (χ4n) is 5.50. The number of carbonyl (C=O) groups is 1. The Bertz CT molecular complexity index is 1850. The van der Waals surface area contributed by atoms with Crippen molar-refractivity contribution < 1.29 is 14.6 Å². The lowest BCUT2D eigenvalue weighted by Gasteiger charge is -2.27. The van der Waals surface area contributed by atoms with Crippen LogP contribution in [0.3, 0.4) is 0 Å². The van der Waals surface area contributed by atoms with Crippen molar-refractivity contribution in [3.63, 3.8) is 0 Å². The van der Waals surface area contributed by atoms with Gasteiger partial charge in [-0.2, -0.15) is 5.10 Å². The van der Waals surface area contributed by atoms with Crippen LogP contribution < -0.4 is 10.2 Å². The van der Waals surface area contributed by atoms with Crippen molar-refractivity contribution in [3.8, 4) is 34.0 Å². The third-order valence-electron chi connectivity index (χ3n) is 7.63. The van der Waals surface area contributed by atoms with Gasteiger partial charge in [-0.15, -0.1) is 0 Å². The standard InChI is InChI=1S/C39H33N3O3/c1-2-45-35-25-23-34(24-26-35)42-36(29-15-7-3-8-16-29)27-31(37(42)30-17-9-4-10-18-30)28-40-41-38(43)39(44,32-19-11-5-12-20-32)33-21-13-6-14-22-33/h3-28,44H,2H2,1H3,(H,41,43)/b40-28-. The van der Waals surface area contributed by atoms with Crippen LogP contribution in [0, 0.1) is 0 Å². The van der Waals surface area contributed by atoms with E-state index in [1.807, 2.05) is 79.7 Å². The van der Waals surface area contributed by atoms with Gasteiger partial charge in [-0.3, -0.25) is 4.79 Å². The van der Waals surface area contributed by atoms with Crippen molar-refractivity contribution in [1.29, 1.82) is 0 Å². The highest BCUT2D eigenvalue weighted by Crippen LogP contribution is 2.36. The van der Waals surface area contributed by atoms with E-state index >= 15 is 0 Å². The van der Waals surface area contributed by atoms with Crippen LogP contribution in [-0.4, -0.2) is 28.4 Å². The highest BCUT2D eigenvalue weighted by Gasteiger charge is 2.39. The highest BCUT2D eigenvalue weighted by atomic mass is 16.5. The Morgan fingerprint density at radius 2 is 1.27 bits per heavy atom. The van der Waals surface area contributed by atoms with Crippen LogP contribution >= 0.6 is 0 Å². The number of nitrogens with zero attached hydrogens (tertiary/aromatic N) is 2. The molecule has 1 aromatic heterocycles. The number of ether oxygens (including phenoxy) is 1. The summed E-state index contributed by atoms with van der Waals surface area (Å²) in [6.07, 6.45) is 1.63. The molecule has 6 heteroatoms. The Morgan fingerprint density at radius 3 is 1.80 bits per heavy atom. The molecule has 1 amide bonds. The highest BCUT2D eigenvalue weighted by molar-refractivity contribution is 5.95. The predicted molar refractivity (Wildman–Crippen MR) is 179 cm³/mol. The molecule has 0 spiro atoms. The van der Waals surface area contributed by atoms with Crippen molar-refractivity contribution in [2.75, 3.05) is 6.61 Å². The van der Waals surface area contributed by atoms with E-state index in [0.29, 0.717) is 17.7 Å². The Balaban J connectivity index is 1.45. The summed E-state index contributed by atoms with van der Waals surface area (Å²) in [4.78, 5) is 13.7. The second-order valence-electron chi connectivity index (χ2n) is 10.5. The molecule has 2 N–H and O–H groups in total. The number of carbonyl (C=O) groups excluding carboxylic acids is 1.